The molecule has 3 rings (SSSR count). The summed E-state index contributed by atoms with van der Waals surface area (Å²) in [5, 5.41) is 0. The number of hydrogen-bond acceptors (Lipinski definition) is 0. The zero-order valence-electron chi connectivity index (χ0n) is 11.1. The Morgan fingerprint density at radius 2 is 0.765 bits per heavy atom. The summed E-state index contributed by atoms with van der Waals surface area (Å²) in [7, 11) is 0. The average Bonchev–Trinajstić information content (AvgIpc) is 3.10. The Labute approximate surface area is 112 Å². The zero-order chi connectivity index (χ0) is 11.7. The van der Waals surface area contributed by atoms with Crippen molar-refractivity contribution in [2.45, 2.75) is 94.0 Å². The minimum absolute atomic E-state index is 0.996. The van der Waals surface area contributed by atoms with E-state index in [2.05, 4.69) is 0 Å². The summed E-state index contributed by atoms with van der Waals surface area (Å²) in [5.74, 6) is 0. The van der Waals surface area contributed by atoms with Crippen molar-refractivity contribution in [3.63, 3.8) is 0 Å². The normalized spacial score (nSPS) is 30.4. The molecule has 0 bridgehead atoms. The summed E-state index contributed by atoms with van der Waals surface area (Å²) in [5.41, 5.74) is 2.99. The van der Waals surface area contributed by atoms with Crippen LogP contribution >= 0.6 is 17.9 Å². The van der Waals surface area contributed by atoms with Crippen LogP contribution < -0.4 is 0 Å². The summed E-state index contributed by atoms with van der Waals surface area (Å²) in [4.78, 5) is 0. The predicted molar refractivity (Wildman–Crippen MR) is 80.9 cm³/mol. The van der Waals surface area contributed by atoms with Gasteiger partial charge in [0.1, 0.15) is 0 Å². The molecular weight excluding hydrogens is 247 g/mol. The van der Waals surface area contributed by atoms with Gasteiger partial charge in [-0.05, 0) is 0 Å². The first-order valence-corrected chi connectivity index (χ1v) is 11.2. The molecule has 3 aliphatic carbocycles. The molecule has 0 aromatic carbocycles. The molecule has 100 valence electrons. The van der Waals surface area contributed by atoms with Gasteiger partial charge < -0.3 is 0 Å². The van der Waals surface area contributed by atoms with Crippen LogP contribution in [0, 0.1) is 0 Å². The molecule has 0 atom stereocenters. The fourth-order valence-electron chi connectivity index (χ4n) is 5.10. The molecule has 3 fully saturated rings. The van der Waals surface area contributed by atoms with Crippen LogP contribution in [-0.4, -0.2) is 17.0 Å². The predicted octanol–water partition coefficient (Wildman–Crippen LogP) is 5.72. The van der Waals surface area contributed by atoms with Crippen LogP contribution in [0.5, 0.6) is 0 Å². The second-order valence-corrected chi connectivity index (χ2v) is 12.8. The molecule has 3 saturated carbocycles. The van der Waals surface area contributed by atoms with Crippen molar-refractivity contribution in [2.75, 3.05) is 0 Å². The summed E-state index contributed by atoms with van der Waals surface area (Å²) in [6, 6.07) is 0. The van der Waals surface area contributed by atoms with E-state index >= 15 is 0 Å². The van der Waals surface area contributed by atoms with Crippen molar-refractivity contribution in [1.82, 2.24) is 0 Å². The van der Waals surface area contributed by atoms with Crippen LogP contribution in [0.3, 0.4) is 0 Å². The van der Waals surface area contributed by atoms with Gasteiger partial charge in [-0.15, -0.1) is 0 Å². The zero-order valence-corrected chi connectivity index (χ0v) is 12.9. The van der Waals surface area contributed by atoms with Gasteiger partial charge in [-0.1, -0.05) is 0 Å². The van der Waals surface area contributed by atoms with E-state index in [0.717, 1.165) is 17.0 Å². The maximum absolute atomic E-state index is 7.50. The van der Waals surface area contributed by atoms with Gasteiger partial charge in [0.05, 0.1) is 0 Å². The molecule has 3 aliphatic rings. The van der Waals surface area contributed by atoms with E-state index in [-0.39, 0.29) is 0 Å². The molecule has 0 heterocycles. The summed E-state index contributed by atoms with van der Waals surface area (Å²) in [6.07, 6.45) is 17.8. The molecule has 0 aromatic rings. The third-order valence-corrected chi connectivity index (χ3v) is 14.2. The van der Waals surface area contributed by atoms with E-state index in [9.17, 15) is 0 Å². The van der Waals surface area contributed by atoms with E-state index in [1.165, 1.54) is 77.0 Å². The number of halogens is 1. The first kappa shape index (κ1) is 12.7. The van der Waals surface area contributed by atoms with Gasteiger partial charge in [0, 0.05) is 0 Å². The van der Waals surface area contributed by atoms with Crippen LogP contribution in [0.25, 0.3) is 0 Å². The van der Waals surface area contributed by atoms with Crippen LogP contribution in [0.15, 0.2) is 0 Å². The summed E-state index contributed by atoms with van der Waals surface area (Å²) >= 11 is 7.50. The van der Waals surface area contributed by atoms with E-state index in [1.54, 1.807) is 0 Å². The Hall–Kier alpha value is 0.720. The number of rotatable bonds is 3. The Morgan fingerprint density at radius 3 is 1.00 bits per heavy atom. The second-order valence-electron chi connectivity index (χ2n) is 6.77. The van der Waals surface area contributed by atoms with Crippen molar-refractivity contribution in [3.05, 3.63) is 0 Å². The quantitative estimate of drug-likeness (QED) is 0.578. The third-order valence-electron chi connectivity index (χ3n) is 5.94. The van der Waals surface area contributed by atoms with Crippen LogP contribution in [0.4, 0.5) is 0 Å². The molecule has 0 amide bonds. The van der Waals surface area contributed by atoms with Gasteiger partial charge in [-0.25, -0.2) is 0 Å². The summed E-state index contributed by atoms with van der Waals surface area (Å²) < 4.78 is 0. The SMILES string of the molecule is Cl[PH](C1CCCC1)(C1CCCC1)C1CCCC1. The van der Waals surface area contributed by atoms with Gasteiger partial charge >= 0.3 is 112 Å². The first-order valence-electron chi connectivity index (χ1n) is 8.00. The van der Waals surface area contributed by atoms with Crippen LogP contribution in [0.1, 0.15) is 77.0 Å². The van der Waals surface area contributed by atoms with Crippen molar-refractivity contribution in [3.8, 4) is 0 Å². The molecule has 2 heteroatoms. The minimum atomic E-state index is -1.48. The second kappa shape index (κ2) is 5.38. The van der Waals surface area contributed by atoms with Crippen molar-refractivity contribution < 1.29 is 0 Å². The van der Waals surface area contributed by atoms with Gasteiger partial charge in [-0.2, -0.15) is 0 Å². The monoisotopic (exact) mass is 274 g/mol. The van der Waals surface area contributed by atoms with Crippen LogP contribution in [0.2, 0.25) is 0 Å². The van der Waals surface area contributed by atoms with Crippen molar-refractivity contribution >= 4 is 17.9 Å². The van der Waals surface area contributed by atoms with Crippen molar-refractivity contribution in [1.29, 1.82) is 0 Å². The van der Waals surface area contributed by atoms with E-state index in [4.69, 9.17) is 11.2 Å². The maximum atomic E-state index is 7.50. The molecular formula is C15H28ClP. The van der Waals surface area contributed by atoms with Gasteiger partial charge in [0.25, 0.3) is 0 Å². The molecule has 0 N–H and O–H groups in total. The van der Waals surface area contributed by atoms with E-state index < -0.39 is 6.62 Å². The van der Waals surface area contributed by atoms with E-state index in [1.807, 2.05) is 0 Å². The first-order chi connectivity index (χ1) is 8.32. The Kier molecular flexibility index (Phi) is 4.03. The molecule has 0 aliphatic heterocycles. The molecule has 17 heavy (non-hydrogen) atoms. The molecule has 0 aromatic heterocycles. The number of hydrogen-bond donors (Lipinski definition) is 0. The van der Waals surface area contributed by atoms with E-state index in [0.29, 0.717) is 0 Å². The molecule has 0 nitrogen and oxygen atoms in total. The summed E-state index contributed by atoms with van der Waals surface area (Å²) in [6.45, 7) is -1.48. The van der Waals surface area contributed by atoms with Gasteiger partial charge in [0.15, 0.2) is 0 Å². The molecule has 0 radical (unpaired) electrons. The Morgan fingerprint density at radius 1 is 0.529 bits per heavy atom. The van der Waals surface area contributed by atoms with Crippen molar-refractivity contribution in [2.24, 2.45) is 0 Å². The Bertz CT molecular complexity index is 207. The fraction of sp³-hybridized carbons (Fsp3) is 1.00. The van der Waals surface area contributed by atoms with Crippen LogP contribution in [-0.2, 0) is 0 Å². The molecule has 0 spiro atoms. The molecule has 0 unspecified atom stereocenters. The molecule has 0 saturated heterocycles. The topological polar surface area (TPSA) is 0 Å². The third kappa shape index (κ3) is 2.30. The Balaban J connectivity index is 1.81. The fourth-order valence-corrected chi connectivity index (χ4v) is 12.9. The van der Waals surface area contributed by atoms with Gasteiger partial charge in [-0.3, -0.25) is 0 Å². The average molecular weight is 275 g/mol. The van der Waals surface area contributed by atoms with Gasteiger partial charge in [0.2, 0.25) is 0 Å². The standard InChI is InChI=1S/C15H28ClP/c16-17(13-7-1-2-8-13,14-9-3-4-10-14)15-11-5-6-12-15/h13-15,17H,1-12H2.